The number of hydrogen-bond acceptors (Lipinski definition) is 11. The van der Waals surface area contributed by atoms with Crippen LogP contribution in [0.4, 0.5) is 0 Å². The van der Waals surface area contributed by atoms with Gasteiger partial charge in [0.1, 0.15) is 33.9 Å². The third-order valence-electron chi connectivity index (χ3n) is 9.20. The Morgan fingerprint density at radius 2 is 1.08 bits per heavy atom. The molecule has 0 spiro atoms. The van der Waals surface area contributed by atoms with Gasteiger partial charge in [-0.15, -0.1) is 0 Å². The maximum absolute atomic E-state index is 11.4. The molecule has 17 nitrogen and oxygen atoms in total. The smallest absolute Gasteiger partial charge is 0.339 e. The Morgan fingerprint density at radius 1 is 0.627 bits per heavy atom. The monoisotopic (exact) mass is 1160 g/mol. The first-order valence-electron chi connectivity index (χ1n) is 20.7. The summed E-state index contributed by atoms with van der Waals surface area (Å²) in [5.41, 5.74) is 9.39. The number of halogens is 6. The molecule has 0 saturated heterocycles. The maximum atomic E-state index is 11.4. The summed E-state index contributed by atoms with van der Waals surface area (Å²) in [7, 11) is 7.92. The number of carboxylic acids is 1. The molecule has 0 radical (unpaired) electrons. The molecule has 0 atom stereocenters. The number of benzene rings is 5. The van der Waals surface area contributed by atoms with Crippen LogP contribution >= 0.6 is 73.7 Å². The van der Waals surface area contributed by atoms with Gasteiger partial charge in [0.25, 0.3) is 11.1 Å². The van der Waals surface area contributed by atoms with E-state index in [9.17, 15) is 23.7 Å². The predicted molar refractivity (Wildman–Crippen MR) is 303 cm³/mol. The van der Waals surface area contributed by atoms with Crippen LogP contribution in [0.25, 0.3) is 54.9 Å². The van der Waals surface area contributed by atoms with Crippen LogP contribution in [0, 0.1) is 0 Å². The molecule has 0 fully saturated rings. The van der Waals surface area contributed by atoms with Crippen molar-refractivity contribution in [2.45, 2.75) is 7.43 Å². The second kappa shape index (κ2) is 32.9. The van der Waals surface area contributed by atoms with Crippen molar-refractivity contribution >= 4 is 130 Å². The third kappa shape index (κ3) is 22.9. The van der Waals surface area contributed by atoms with Crippen molar-refractivity contribution in [3.63, 3.8) is 0 Å². The Morgan fingerprint density at radius 3 is 1.59 bits per heavy atom. The van der Waals surface area contributed by atoms with E-state index < -0.39 is 17.1 Å². The Kier molecular flexibility index (Phi) is 28.0. The fraction of sp³-hybridized carbons (Fsp3) is 0.118. The van der Waals surface area contributed by atoms with Crippen molar-refractivity contribution in [3.8, 4) is 28.7 Å². The van der Waals surface area contributed by atoms with Crippen molar-refractivity contribution in [3.05, 3.63) is 197 Å². The minimum absolute atomic E-state index is 0. The van der Waals surface area contributed by atoms with Gasteiger partial charge in [0, 0.05) is 56.5 Å². The third-order valence-corrected chi connectivity index (χ3v) is 10.1. The van der Waals surface area contributed by atoms with Crippen LogP contribution in [0.3, 0.4) is 0 Å². The maximum Gasteiger partial charge on any atom is 0.339 e. The lowest BCUT2D eigenvalue weighted by atomic mass is 10.2. The molecule has 3 heterocycles. The topological polar surface area (TPSA) is 245 Å². The van der Waals surface area contributed by atoms with Gasteiger partial charge in [-0.25, -0.2) is 9.78 Å². The number of carbonyl (C=O) groups is 2. The fourth-order valence-electron chi connectivity index (χ4n) is 5.81. The summed E-state index contributed by atoms with van der Waals surface area (Å²) in [4.78, 5) is 55.2. The van der Waals surface area contributed by atoms with Crippen molar-refractivity contribution < 1.29 is 42.9 Å². The Bertz CT molecular complexity index is 3470. The standard InChI is InChI=1S/C10H7Cl2NO.C10H8ClNO2.C10H9N3O2.C10H9NO2.C10H10O3.CH4.Cl3OP/c1-14-6-2-3-7-8(4-6)9(11)5-13-10(7)12;1-14-6-2-3-7-8(4-6)9(11)5-12-10(7)13;1-15-9-4-2-3-8(7-9)5-6-10(14)12-13-11;1-13-8-2-3-9-7(6-8)4-5-11-10(9)12;1-13-9-4-2-3-8(7-9)5-6-10(11)12;;1-5(2,3)4/h2-5H,1H3;2-5H,1H3,(H,12,13);2-7H,1H3;2-6H,1H3,(H,11,12);2-7H,1H3,(H,11,12);1H4;/b;;6-5+;;6-5+;;. The van der Waals surface area contributed by atoms with E-state index in [1.54, 1.807) is 115 Å². The highest BCUT2D eigenvalue weighted by Crippen LogP contribution is 2.61. The summed E-state index contributed by atoms with van der Waals surface area (Å²) < 4.78 is 34.7. The van der Waals surface area contributed by atoms with E-state index in [2.05, 4.69) is 58.7 Å². The number of H-pyrrole nitrogens is 2. The zero-order chi connectivity index (χ0) is 54.8. The first kappa shape index (κ1) is 63.9. The van der Waals surface area contributed by atoms with Gasteiger partial charge in [-0.05, 0) is 158 Å². The van der Waals surface area contributed by atoms with Crippen LogP contribution in [0.1, 0.15) is 18.6 Å². The predicted octanol–water partition coefficient (Wildman–Crippen LogP) is 15.1. The zero-order valence-corrected chi connectivity index (χ0v) is 44.9. The molecular weight excluding hydrogens is 1120 g/mol. The lowest BCUT2D eigenvalue weighted by Gasteiger charge is -2.04. The number of amides is 1. The molecule has 8 aromatic rings. The zero-order valence-electron chi connectivity index (χ0n) is 39.5. The summed E-state index contributed by atoms with van der Waals surface area (Å²) in [6.45, 7) is 0. The molecule has 75 heavy (non-hydrogen) atoms. The number of pyridine rings is 3. The SMILES string of the molecule is C.COc1ccc2c(=O)[nH]cc(Cl)c2c1.COc1ccc2c(=O)[nH]ccc2c1.COc1ccc2c(Cl)ncc(Cl)c2c1.COc1cccc(/C=C/C(=O)N=[N+]=[N-])c1.COc1cccc(/C=C/C(=O)O)c1.O=P(Cl)(Cl)Cl. The van der Waals surface area contributed by atoms with Crippen LogP contribution in [-0.4, -0.2) is 67.5 Å². The summed E-state index contributed by atoms with van der Waals surface area (Å²) in [6, 6.07) is 32.2. The van der Waals surface area contributed by atoms with E-state index in [0.717, 1.165) is 44.9 Å². The van der Waals surface area contributed by atoms with Crippen molar-refractivity contribution in [2.75, 3.05) is 35.5 Å². The quantitative estimate of drug-likeness (QED) is 0.0305. The van der Waals surface area contributed by atoms with E-state index in [4.69, 9.17) is 69.1 Å². The highest BCUT2D eigenvalue weighted by Gasteiger charge is 2.07. The van der Waals surface area contributed by atoms with E-state index in [0.29, 0.717) is 48.6 Å². The lowest BCUT2D eigenvalue weighted by Crippen LogP contribution is -2.04. The van der Waals surface area contributed by atoms with Gasteiger partial charge in [0.15, 0.2) is 0 Å². The number of azide groups is 1. The van der Waals surface area contributed by atoms with Crippen LogP contribution < -0.4 is 34.8 Å². The van der Waals surface area contributed by atoms with Gasteiger partial charge in [-0.3, -0.25) is 18.9 Å². The van der Waals surface area contributed by atoms with Crippen molar-refractivity contribution in [1.82, 2.24) is 15.0 Å². The average molecular weight is 1160 g/mol. The van der Waals surface area contributed by atoms with Gasteiger partial charge >= 0.3 is 11.2 Å². The first-order chi connectivity index (χ1) is 35.2. The van der Waals surface area contributed by atoms with Crippen LogP contribution in [-0.2, 0) is 14.2 Å². The average Bonchev–Trinajstić information content (AvgIpc) is 3.39. The number of nitrogens with one attached hydrogen (secondary N) is 2. The minimum Gasteiger partial charge on any atom is -0.497 e. The van der Waals surface area contributed by atoms with E-state index in [1.807, 2.05) is 42.5 Å². The number of nitrogens with zero attached hydrogens (tertiary/aromatic N) is 4. The summed E-state index contributed by atoms with van der Waals surface area (Å²) >= 11 is 31.7. The summed E-state index contributed by atoms with van der Waals surface area (Å²) in [6.07, 6.45) is 10.0. The number of hydrogen-bond donors (Lipinski definition) is 3. The Hall–Kier alpha value is -7.17. The molecule has 3 aromatic heterocycles. The molecule has 8 rings (SSSR count). The molecule has 0 unspecified atom stereocenters. The van der Waals surface area contributed by atoms with Crippen LogP contribution in [0.15, 0.2) is 155 Å². The second-order valence-corrected chi connectivity index (χ2v) is 21.7. The number of ether oxygens (including phenoxy) is 5. The van der Waals surface area contributed by atoms with Gasteiger partial charge in [-0.2, -0.15) is 0 Å². The number of aromatic nitrogens is 3. The highest BCUT2D eigenvalue weighted by molar-refractivity contribution is 8.24. The lowest BCUT2D eigenvalue weighted by molar-refractivity contribution is -0.131. The second-order valence-electron chi connectivity index (χ2n) is 13.9. The highest BCUT2D eigenvalue weighted by atomic mass is 36.0. The number of rotatable bonds is 9. The molecule has 5 aromatic carbocycles. The Balaban J connectivity index is 0.000000313. The number of aromatic amines is 2. The molecule has 0 aliphatic rings. The molecule has 24 heteroatoms. The largest absolute Gasteiger partial charge is 0.497 e. The minimum atomic E-state index is -3.22. The molecule has 0 aliphatic carbocycles. The molecule has 0 bridgehead atoms. The number of carbonyl (C=O) groups excluding carboxylic acids is 1. The molecule has 3 N–H and O–H groups in total. The number of fused-ring (bicyclic) bond motifs is 3. The van der Waals surface area contributed by atoms with E-state index in [-0.39, 0.29) is 18.5 Å². The molecule has 0 saturated carbocycles. The van der Waals surface area contributed by atoms with Gasteiger partial charge in [-0.1, -0.05) is 72.6 Å². The fourth-order valence-corrected chi connectivity index (χ4v) is 6.44. The van der Waals surface area contributed by atoms with E-state index in [1.165, 1.54) is 24.5 Å². The first-order valence-corrected chi connectivity index (χ1v) is 26.2. The Labute approximate surface area is 459 Å². The van der Waals surface area contributed by atoms with E-state index >= 15 is 0 Å². The summed E-state index contributed by atoms with van der Waals surface area (Å²) in [5.74, 6) is 2.04. The van der Waals surface area contributed by atoms with Crippen LogP contribution in [0.2, 0.25) is 15.2 Å². The molecule has 0 aliphatic heterocycles. The summed E-state index contributed by atoms with van der Waals surface area (Å²) in [5, 5.41) is 14.1. The van der Waals surface area contributed by atoms with Gasteiger partial charge in [0.2, 0.25) is 5.91 Å². The number of carboxylic acid groups (broad SMARTS) is 1. The number of methoxy groups -OCH3 is 5. The molecular formula is C51H47Cl6N6O11P. The van der Waals surface area contributed by atoms with Gasteiger partial charge < -0.3 is 38.8 Å². The molecule has 394 valence electrons. The van der Waals surface area contributed by atoms with Crippen LogP contribution in [0.5, 0.6) is 28.7 Å². The number of aliphatic carboxylic acids is 1. The normalized spacial score (nSPS) is 10.2. The molecule has 1 amide bonds. The van der Waals surface area contributed by atoms with Crippen molar-refractivity contribution in [2.24, 2.45) is 5.11 Å². The van der Waals surface area contributed by atoms with Crippen molar-refractivity contribution in [1.29, 1.82) is 0 Å². The van der Waals surface area contributed by atoms with Gasteiger partial charge in [0.05, 0.1) is 45.6 Å².